The summed E-state index contributed by atoms with van der Waals surface area (Å²) in [4.78, 5) is 40.2. The van der Waals surface area contributed by atoms with Crippen molar-refractivity contribution in [2.45, 2.75) is 63.5 Å². The van der Waals surface area contributed by atoms with E-state index in [0.717, 1.165) is 32.2 Å². The molecule has 3 fully saturated rings. The Morgan fingerprint density at radius 1 is 1.33 bits per heavy atom. The highest BCUT2D eigenvalue weighted by Gasteiger charge is 2.52. The molecule has 0 aromatic heterocycles. The van der Waals surface area contributed by atoms with Crippen LogP contribution >= 0.6 is 0 Å². The molecule has 3 rings (SSSR count). The first-order valence-electron chi connectivity index (χ1n) is 9.10. The van der Waals surface area contributed by atoms with Crippen molar-refractivity contribution in [2.24, 2.45) is 11.7 Å². The molecule has 7 heteroatoms. The van der Waals surface area contributed by atoms with Gasteiger partial charge in [0.05, 0.1) is 0 Å². The minimum atomic E-state index is -0.689. The highest BCUT2D eigenvalue weighted by atomic mass is 16.2. The highest BCUT2D eigenvalue weighted by molar-refractivity contribution is 6.07. The summed E-state index contributed by atoms with van der Waals surface area (Å²) in [6.45, 7) is 3.57. The van der Waals surface area contributed by atoms with E-state index in [-0.39, 0.29) is 36.9 Å². The fourth-order valence-electron chi connectivity index (χ4n) is 4.23. The Balaban J connectivity index is 1.54. The average Bonchev–Trinajstić information content (AvgIpc) is 3.12. The third kappa shape index (κ3) is 3.14. The Hall–Kier alpha value is -1.63. The van der Waals surface area contributed by atoms with Crippen molar-refractivity contribution in [2.75, 3.05) is 19.6 Å². The maximum absolute atomic E-state index is 12.6. The van der Waals surface area contributed by atoms with Gasteiger partial charge in [-0.15, -0.1) is 0 Å². The van der Waals surface area contributed by atoms with E-state index in [1.54, 1.807) is 0 Å². The van der Waals surface area contributed by atoms with Gasteiger partial charge >= 0.3 is 6.03 Å². The Kier molecular flexibility index (Phi) is 4.80. The zero-order valence-electron chi connectivity index (χ0n) is 14.4. The predicted molar refractivity (Wildman–Crippen MR) is 89.0 cm³/mol. The summed E-state index contributed by atoms with van der Waals surface area (Å²) in [7, 11) is 0. The van der Waals surface area contributed by atoms with Crippen molar-refractivity contribution in [1.29, 1.82) is 0 Å². The average molecular weight is 336 g/mol. The second-order valence-electron chi connectivity index (χ2n) is 7.53. The Morgan fingerprint density at radius 3 is 2.71 bits per heavy atom. The van der Waals surface area contributed by atoms with Gasteiger partial charge in [0, 0.05) is 32.1 Å². The third-order valence-corrected chi connectivity index (χ3v) is 5.81. The van der Waals surface area contributed by atoms with Gasteiger partial charge < -0.3 is 16.0 Å². The van der Waals surface area contributed by atoms with Crippen molar-refractivity contribution in [1.82, 2.24) is 15.1 Å². The summed E-state index contributed by atoms with van der Waals surface area (Å²) < 4.78 is 0. The molecule has 4 amide bonds. The lowest BCUT2D eigenvalue weighted by Crippen LogP contribution is -2.46. The molecule has 2 aliphatic heterocycles. The van der Waals surface area contributed by atoms with Crippen molar-refractivity contribution in [3.8, 4) is 0 Å². The number of imide groups is 1. The minimum absolute atomic E-state index is 0.00771. The topological polar surface area (TPSA) is 95.7 Å². The first-order chi connectivity index (χ1) is 11.4. The van der Waals surface area contributed by atoms with E-state index in [1.807, 2.05) is 11.8 Å². The van der Waals surface area contributed by atoms with E-state index in [2.05, 4.69) is 5.32 Å². The summed E-state index contributed by atoms with van der Waals surface area (Å²) in [5.41, 5.74) is 5.27. The highest BCUT2D eigenvalue weighted by Crippen LogP contribution is 2.35. The lowest BCUT2D eigenvalue weighted by atomic mass is 9.92. The number of piperidine rings is 1. The maximum Gasteiger partial charge on any atom is 0.325 e. The fraction of sp³-hybridized carbons (Fsp3) is 0.824. The van der Waals surface area contributed by atoms with Crippen molar-refractivity contribution in [3.05, 3.63) is 0 Å². The van der Waals surface area contributed by atoms with Crippen LogP contribution in [0.15, 0.2) is 0 Å². The van der Waals surface area contributed by atoms with Crippen LogP contribution in [0.4, 0.5) is 4.79 Å². The number of carbonyl (C=O) groups excluding carboxylic acids is 3. The number of nitrogens with one attached hydrogen (secondary N) is 1. The van der Waals surface area contributed by atoms with Gasteiger partial charge in [0.2, 0.25) is 5.91 Å². The van der Waals surface area contributed by atoms with Crippen molar-refractivity contribution < 1.29 is 14.4 Å². The van der Waals surface area contributed by atoms with Crippen molar-refractivity contribution in [3.63, 3.8) is 0 Å². The molecule has 0 aromatic carbocycles. The molecule has 1 saturated carbocycles. The van der Waals surface area contributed by atoms with Gasteiger partial charge in [-0.2, -0.15) is 0 Å². The number of amides is 4. The standard InChI is InChI=1S/C17H28N4O3/c1-12(18)13-5-4-9-20(11-13)14(22)6-10-21-15(23)17(19-16(21)24)7-2-3-8-17/h12-13H,2-11,18H2,1H3,(H,19,24). The second-order valence-corrected chi connectivity index (χ2v) is 7.53. The van der Waals surface area contributed by atoms with Crippen LogP contribution in [0.5, 0.6) is 0 Å². The van der Waals surface area contributed by atoms with Gasteiger partial charge in [-0.25, -0.2) is 4.79 Å². The van der Waals surface area contributed by atoms with E-state index < -0.39 is 5.54 Å². The van der Waals surface area contributed by atoms with Gasteiger partial charge in [-0.1, -0.05) is 12.8 Å². The van der Waals surface area contributed by atoms with Crippen LogP contribution < -0.4 is 11.1 Å². The molecule has 1 spiro atoms. The molecule has 24 heavy (non-hydrogen) atoms. The van der Waals surface area contributed by atoms with E-state index in [1.165, 1.54) is 4.90 Å². The normalized spacial score (nSPS) is 27.7. The summed E-state index contributed by atoms with van der Waals surface area (Å²) in [5, 5.41) is 2.85. The molecular weight excluding hydrogens is 308 g/mol. The number of nitrogens with zero attached hydrogens (tertiary/aromatic N) is 2. The largest absolute Gasteiger partial charge is 0.342 e. The van der Waals surface area contributed by atoms with Gasteiger partial charge in [0.25, 0.3) is 5.91 Å². The molecule has 0 aromatic rings. The number of nitrogens with two attached hydrogens (primary N) is 1. The number of hydrogen-bond donors (Lipinski definition) is 2. The molecule has 134 valence electrons. The van der Waals surface area contributed by atoms with Crippen LogP contribution in [-0.2, 0) is 9.59 Å². The van der Waals surface area contributed by atoms with Crippen LogP contribution in [0, 0.1) is 5.92 Å². The molecule has 7 nitrogen and oxygen atoms in total. The number of likely N-dealkylation sites (tertiary alicyclic amines) is 1. The predicted octanol–water partition coefficient (Wildman–Crippen LogP) is 0.827. The molecular formula is C17H28N4O3. The van der Waals surface area contributed by atoms with Crippen molar-refractivity contribution >= 4 is 17.8 Å². The quantitative estimate of drug-likeness (QED) is 0.743. The monoisotopic (exact) mass is 336 g/mol. The van der Waals surface area contributed by atoms with Crippen LogP contribution in [0.3, 0.4) is 0 Å². The van der Waals surface area contributed by atoms with Gasteiger partial charge in [0.1, 0.15) is 5.54 Å². The molecule has 3 aliphatic rings. The number of rotatable bonds is 4. The summed E-state index contributed by atoms with van der Waals surface area (Å²) in [5.74, 6) is 0.194. The molecule has 2 atom stereocenters. The van der Waals surface area contributed by atoms with E-state index in [4.69, 9.17) is 5.73 Å². The van der Waals surface area contributed by atoms with E-state index in [9.17, 15) is 14.4 Å². The van der Waals surface area contributed by atoms with Gasteiger partial charge in [-0.05, 0) is 38.5 Å². The lowest BCUT2D eigenvalue weighted by molar-refractivity contribution is -0.134. The number of urea groups is 1. The summed E-state index contributed by atoms with van der Waals surface area (Å²) in [6.07, 6.45) is 5.56. The second kappa shape index (κ2) is 6.70. The summed E-state index contributed by atoms with van der Waals surface area (Å²) >= 11 is 0. The van der Waals surface area contributed by atoms with E-state index >= 15 is 0 Å². The van der Waals surface area contributed by atoms with Crippen LogP contribution in [-0.4, -0.2) is 58.9 Å². The number of carbonyl (C=O) groups is 3. The molecule has 3 N–H and O–H groups in total. The van der Waals surface area contributed by atoms with Gasteiger partial charge in [-0.3, -0.25) is 14.5 Å². The Bertz CT molecular complexity index is 528. The zero-order valence-corrected chi connectivity index (χ0v) is 14.4. The summed E-state index contributed by atoms with van der Waals surface area (Å²) in [6, 6.07) is -0.268. The SMILES string of the molecule is CC(N)C1CCCN(C(=O)CCN2C(=O)NC3(CCCC3)C2=O)C1. The molecule has 2 heterocycles. The minimum Gasteiger partial charge on any atom is -0.342 e. The molecule has 2 unspecified atom stereocenters. The molecule has 0 radical (unpaired) electrons. The molecule has 2 saturated heterocycles. The van der Waals surface area contributed by atoms with Crippen LogP contribution in [0.1, 0.15) is 51.9 Å². The Morgan fingerprint density at radius 2 is 2.04 bits per heavy atom. The maximum atomic E-state index is 12.6. The molecule has 0 bridgehead atoms. The van der Waals surface area contributed by atoms with E-state index in [0.29, 0.717) is 25.3 Å². The smallest absolute Gasteiger partial charge is 0.325 e. The Labute approximate surface area is 142 Å². The zero-order chi connectivity index (χ0) is 17.3. The first-order valence-corrected chi connectivity index (χ1v) is 9.10. The van der Waals surface area contributed by atoms with Gasteiger partial charge in [0.15, 0.2) is 0 Å². The fourth-order valence-corrected chi connectivity index (χ4v) is 4.23. The number of hydrogen-bond acceptors (Lipinski definition) is 4. The van der Waals surface area contributed by atoms with Crippen LogP contribution in [0.25, 0.3) is 0 Å². The molecule has 1 aliphatic carbocycles. The lowest BCUT2D eigenvalue weighted by Gasteiger charge is -2.35. The third-order valence-electron chi connectivity index (χ3n) is 5.81. The first kappa shape index (κ1) is 17.2. The van der Waals surface area contributed by atoms with Crippen LogP contribution in [0.2, 0.25) is 0 Å².